The van der Waals surface area contributed by atoms with E-state index in [2.05, 4.69) is 11.0 Å². The maximum absolute atomic E-state index is 12.0. The lowest BCUT2D eigenvalue weighted by atomic mass is 9.84. The van der Waals surface area contributed by atoms with Crippen LogP contribution in [0.1, 0.15) is 27.2 Å². The fourth-order valence-corrected chi connectivity index (χ4v) is 2.73. The van der Waals surface area contributed by atoms with Gasteiger partial charge in [-0.3, -0.25) is 4.90 Å². The second-order valence-electron chi connectivity index (χ2n) is 6.50. The first-order valence-corrected chi connectivity index (χ1v) is 7.04. The lowest BCUT2D eigenvalue weighted by Crippen LogP contribution is -2.72. The topological polar surface area (TPSA) is 65.8 Å². The van der Waals surface area contributed by atoms with Crippen molar-refractivity contribution >= 4 is 6.09 Å². The number of carbonyl (C=O) groups is 1. The van der Waals surface area contributed by atoms with Crippen LogP contribution >= 0.6 is 0 Å². The largest absolute Gasteiger partial charge is 0.444 e. The number of nitrogens with zero attached hydrogens (tertiary/aromatic N) is 3. The first-order chi connectivity index (χ1) is 9.36. The lowest BCUT2D eigenvalue weighted by Gasteiger charge is -2.55. The summed E-state index contributed by atoms with van der Waals surface area (Å²) in [4.78, 5) is 16.0. The number of likely N-dealkylation sites (tertiary alicyclic amines) is 1. The highest BCUT2D eigenvalue weighted by atomic mass is 16.6. The molecule has 2 heterocycles. The average Bonchev–Trinajstić information content (AvgIpc) is 2.32. The molecule has 6 heteroatoms. The number of amides is 1. The van der Waals surface area contributed by atoms with Crippen molar-refractivity contribution in [2.45, 2.75) is 38.3 Å². The monoisotopic (exact) mass is 281 g/mol. The van der Waals surface area contributed by atoms with Crippen molar-refractivity contribution in [3.8, 4) is 6.07 Å². The zero-order chi connectivity index (χ0) is 14.8. The molecule has 0 aromatic rings. The van der Waals surface area contributed by atoms with Crippen molar-refractivity contribution in [2.75, 3.05) is 39.4 Å². The molecule has 2 aliphatic heterocycles. The number of nitriles is 1. The Morgan fingerprint density at radius 2 is 1.95 bits per heavy atom. The Morgan fingerprint density at radius 3 is 2.45 bits per heavy atom. The molecule has 0 saturated carbocycles. The van der Waals surface area contributed by atoms with Crippen LogP contribution in [0.3, 0.4) is 0 Å². The van der Waals surface area contributed by atoms with Crippen molar-refractivity contribution in [2.24, 2.45) is 0 Å². The highest BCUT2D eigenvalue weighted by molar-refractivity contribution is 5.69. The first kappa shape index (κ1) is 15.1. The van der Waals surface area contributed by atoms with E-state index in [1.807, 2.05) is 20.8 Å². The Morgan fingerprint density at radius 1 is 1.35 bits per heavy atom. The quantitative estimate of drug-likeness (QED) is 0.761. The molecule has 0 aromatic carbocycles. The van der Waals surface area contributed by atoms with E-state index >= 15 is 0 Å². The van der Waals surface area contributed by atoms with E-state index in [9.17, 15) is 4.79 Å². The first-order valence-electron chi connectivity index (χ1n) is 7.04. The van der Waals surface area contributed by atoms with Gasteiger partial charge in [0.2, 0.25) is 0 Å². The van der Waals surface area contributed by atoms with E-state index in [4.69, 9.17) is 14.7 Å². The molecule has 0 spiro atoms. The van der Waals surface area contributed by atoms with Crippen LogP contribution in [0.2, 0.25) is 0 Å². The maximum Gasteiger partial charge on any atom is 0.410 e. The molecule has 0 aliphatic carbocycles. The van der Waals surface area contributed by atoms with Gasteiger partial charge in [0.15, 0.2) is 0 Å². The number of rotatable bonds is 2. The predicted molar refractivity (Wildman–Crippen MR) is 73.2 cm³/mol. The normalized spacial score (nSPS) is 22.8. The molecule has 112 valence electrons. The van der Waals surface area contributed by atoms with Crippen molar-refractivity contribution in [3.63, 3.8) is 0 Å². The average molecular weight is 281 g/mol. The molecule has 0 radical (unpaired) electrons. The Hall–Kier alpha value is -1.32. The second kappa shape index (κ2) is 5.58. The third-order valence-corrected chi connectivity index (χ3v) is 3.71. The summed E-state index contributed by atoms with van der Waals surface area (Å²) in [6.07, 6.45) is 0.145. The molecule has 20 heavy (non-hydrogen) atoms. The van der Waals surface area contributed by atoms with Gasteiger partial charge in [0, 0.05) is 26.2 Å². The Kier molecular flexibility index (Phi) is 4.21. The molecular weight excluding hydrogens is 258 g/mol. The number of hydrogen-bond acceptors (Lipinski definition) is 5. The van der Waals surface area contributed by atoms with E-state index in [0.717, 1.165) is 13.1 Å². The molecule has 2 fully saturated rings. The molecule has 2 saturated heterocycles. The van der Waals surface area contributed by atoms with Gasteiger partial charge in [0.1, 0.15) is 5.60 Å². The SMILES string of the molecule is CC(C)(C)OC(=O)N1CC(CC#N)(N2CCOCC2)C1. The van der Waals surface area contributed by atoms with Gasteiger partial charge in [0.05, 0.1) is 31.2 Å². The van der Waals surface area contributed by atoms with Crippen LogP contribution in [0, 0.1) is 11.3 Å². The summed E-state index contributed by atoms with van der Waals surface area (Å²) in [5.74, 6) is 0. The number of ether oxygens (including phenoxy) is 2. The Balaban J connectivity index is 1.95. The minimum Gasteiger partial charge on any atom is -0.444 e. The standard InChI is InChI=1S/C14H23N3O3/c1-13(2,3)20-12(18)16-10-14(11-16,4-5-15)17-6-8-19-9-7-17/h4,6-11H2,1-3H3. The summed E-state index contributed by atoms with van der Waals surface area (Å²) in [6.45, 7) is 9.73. The van der Waals surface area contributed by atoms with Gasteiger partial charge in [-0.05, 0) is 20.8 Å². The maximum atomic E-state index is 12.0. The summed E-state index contributed by atoms with van der Waals surface area (Å²) in [5, 5.41) is 9.07. The Bertz CT molecular complexity index is 399. The van der Waals surface area contributed by atoms with Crippen molar-refractivity contribution < 1.29 is 14.3 Å². The number of morpholine rings is 1. The van der Waals surface area contributed by atoms with E-state index < -0.39 is 5.60 Å². The Labute approximate surface area is 120 Å². The van der Waals surface area contributed by atoms with Crippen LogP contribution in [0.5, 0.6) is 0 Å². The fraction of sp³-hybridized carbons (Fsp3) is 0.857. The van der Waals surface area contributed by atoms with Gasteiger partial charge in [-0.1, -0.05) is 0 Å². The molecule has 0 aromatic heterocycles. The van der Waals surface area contributed by atoms with E-state index in [0.29, 0.717) is 32.7 Å². The van der Waals surface area contributed by atoms with Gasteiger partial charge < -0.3 is 14.4 Å². The fourth-order valence-electron chi connectivity index (χ4n) is 2.73. The van der Waals surface area contributed by atoms with Crippen LogP contribution in [-0.4, -0.2) is 66.4 Å². The van der Waals surface area contributed by atoms with E-state index in [1.165, 1.54) is 0 Å². The van der Waals surface area contributed by atoms with Crippen LogP contribution in [0.15, 0.2) is 0 Å². The van der Waals surface area contributed by atoms with Crippen molar-refractivity contribution in [1.82, 2.24) is 9.80 Å². The molecule has 1 amide bonds. The summed E-state index contributed by atoms with van der Waals surface area (Å²) in [7, 11) is 0. The smallest absolute Gasteiger partial charge is 0.410 e. The van der Waals surface area contributed by atoms with Crippen LogP contribution in [0.25, 0.3) is 0 Å². The van der Waals surface area contributed by atoms with Crippen molar-refractivity contribution in [1.29, 1.82) is 5.26 Å². The summed E-state index contributed by atoms with van der Waals surface area (Å²) >= 11 is 0. The van der Waals surface area contributed by atoms with Gasteiger partial charge >= 0.3 is 6.09 Å². The highest BCUT2D eigenvalue weighted by Crippen LogP contribution is 2.32. The summed E-state index contributed by atoms with van der Waals surface area (Å²) in [6, 6.07) is 2.25. The minimum absolute atomic E-state index is 0.213. The van der Waals surface area contributed by atoms with Crippen LogP contribution < -0.4 is 0 Å². The third kappa shape index (κ3) is 3.22. The molecule has 0 bridgehead atoms. The molecule has 6 nitrogen and oxygen atoms in total. The highest BCUT2D eigenvalue weighted by Gasteiger charge is 2.50. The minimum atomic E-state index is -0.483. The van der Waals surface area contributed by atoms with Crippen molar-refractivity contribution in [3.05, 3.63) is 0 Å². The second-order valence-corrected chi connectivity index (χ2v) is 6.50. The molecule has 0 unspecified atom stereocenters. The van der Waals surface area contributed by atoms with Crippen LogP contribution in [-0.2, 0) is 9.47 Å². The van der Waals surface area contributed by atoms with Gasteiger partial charge in [-0.2, -0.15) is 5.26 Å². The van der Waals surface area contributed by atoms with Gasteiger partial charge in [-0.25, -0.2) is 4.79 Å². The molecule has 2 rings (SSSR count). The zero-order valence-corrected chi connectivity index (χ0v) is 12.5. The number of hydrogen-bond donors (Lipinski definition) is 0. The van der Waals surface area contributed by atoms with Gasteiger partial charge in [0.25, 0.3) is 0 Å². The molecule has 2 aliphatic rings. The van der Waals surface area contributed by atoms with E-state index in [1.54, 1.807) is 4.90 Å². The van der Waals surface area contributed by atoms with E-state index in [-0.39, 0.29) is 11.6 Å². The molecule has 0 N–H and O–H groups in total. The van der Waals surface area contributed by atoms with Gasteiger partial charge in [-0.15, -0.1) is 0 Å². The lowest BCUT2D eigenvalue weighted by molar-refractivity contribution is -0.0933. The van der Waals surface area contributed by atoms with Crippen LogP contribution in [0.4, 0.5) is 4.79 Å². The summed E-state index contributed by atoms with van der Waals surface area (Å²) < 4.78 is 10.7. The molecular formula is C14H23N3O3. The predicted octanol–water partition coefficient (Wildman–Crippen LogP) is 1.22. The molecule has 0 atom stereocenters. The number of carbonyl (C=O) groups excluding carboxylic acids is 1. The summed E-state index contributed by atoms with van der Waals surface area (Å²) in [5.41, 5.74) is -0.695. The third-order valence-electron chi connectivity index (χ3n) is 3.71. The zero-order valence-electron chi connectivity index (χ0n) is 12.5.